The largest absolute Gasteiger partial charge is 0.486 e. The van der Waals surface area contributed by atoms with Gasteiger partial charge in [0.05, 0.1) is 12.1 Å². The summed E-state index contributed by atoms with van der Waals surface area (Å²) < 4.78 is 11.3. The lowest BCUT2D eigenvalue weighted by Gasteiger charge is -2.29. The zero-order valence-corrected chi connectivity index (χ0v) is 20.5. The molecule has 2 aromatic rings. The second-order valence-electron chi connectivity index (χ2n) is 9.29. The Labute approximate surface area is 201 Å². The minimum Gasteiger partial charge on any atom is -0.486 e. The molecule has 1 aromatic heterocycles. The van der Waals surface area contributed by atoms with Gasteiger partial charge >= 0.3 is 6.03 Å². The van der Waals surface area contributed by atoms with Crippen LogP contribution in [0.25, 0.3) is 10.9 Å². The van der Waals surface area contributed by atoms with Crippen molar-refractivity contribution in [3.63, 3.8) is 0 Å². The summed E-state index contributed by atoms with van der Waals surface area (Å²) in [6.45, 7) is 9.10. The molecular weight excluding hydrogens is 432 g/mol. The first-order chi connectivity index (χ1) is 16.6. The molecule has 2 N–H and O–H groups in total. The Kier molecular flexibility index (Phi) is 8.32. The zero-order valence-electron chi connectivity index (χ0n) is 20.5. The molecule has 1 fully saturated rings. The summed E-state index contributed by atoms with van der Waals surface area (Å²) in [5.41, 5.74) is 1.10. The van der Waals surface area contributed by atoms with Crippen molar-refractivity contribution in [3.05, 3.63) is 34.1 Å². The number of carbonyl (C=O) groups is 1. The molecule has 1 saturated carbocycles. The van der Waals surface area contributed by atoms with Crippen molar-refractivity contribution in [2.24, 2.45) is 0 Å². The number of benzene rings is 1. The first kappa shape index (κ1) is 24.4. The summed E-state index contributed by atoms with van der Waals surface area (Å²) in [6, 6.07) is 5.73. The van der Waals surface area contributed by atoms with E-state index in [9.17, 15) is 9.59 Å². The monoisotopic (exact) mass is 470 g/mol. The third-order valence-electron chi connectivity index (χ3n) is 6.96. The maximum absolute atomic E-state index is 13.2. The van der Waals surface area contributed by atoms with E-state index in [-0.39, 0.29) is 24.2 Å². The van der Waals surface area contributed by atoms with Crippen LogP contribution < -0.4 is 20.3 Å². The van der Waals surface area contributed by atoms with Crippen LogP contribution in [0.15, 0.2) is 23.0 Å². The van der Waals surface area contributed by atoms with E-state index < -0.39 is 0 Å². The number of nitrogens with zero attached hydrogens (tertiary/aromatic N) is 2. The van der Waals surface area contributed by atoms with Crippen LogP contribution in [0.4, 0.5) is 4.79 Å². The van der Waals surface area contributed by atoms with Crippen LogP contribution >= 0.6 is 0 Å². The molecule has 0 saturated heterocycles. The lowest BCUT2D eigenvalue weighted by atomic mass is 9.96. The Hall–Kier alpha value is -2.74. The van der Waals surface area contributed by atoms with Gasteiger partial charge in [-0.05, 0) is 51.0 Å². The minimum absolute atomic E-state index is 0.0758. The standard InChI is InChI=1S/C26H38N4O4/c1-3-29(4-2)11-8-12-30(26(32)27-21-9-6-5-7-10-21)18-20-15-19-16-23-24(34-14-13-33-23)17-22(19)28-25(20)31/h15-17,21H,3-14,18H2,1-2H3,(H,27,32)(H,28,31). The van der Waals surface area contributed by atoms with Gasteiger partial charge in [0.1, 0.15) is 13.2 Å². The van der Waals surface area contributed by atoms with Crippen molar-refractivity contribution in [3.8, 4) is 11.5 Å². The van der Waals surface area contributed by atoms with Crippen LogP contribution in [0.5, 0.6) is 11.5 Å². The molecule has 0 spiro atoms. The summed E-state index contributed by atoms with van der Waals surface area (Å²) in [7, 11) is 0. The molecular formula is C26H38N4O4. The molecule has 34 heavy (non-hydrogen) atoms. The Morgan fingerprint density at radius 3 is 2.44 bits per heavy atom. The summed E-state index contributed by atoms with van der Waals surface area (Å²) in [5.74, 6) is 1.33. The van der Waals surface area contributed by atoms with Crippen molar-refractivity contribution in [2.45, 2.75) is 65.0 Å². The molecule has 1 aliphatic heterocycles. The number of fused-ring (bicyclic) bond motifs is 2. The number of H-pyrrole nitrogens is 1. The highest BCUT2D eigenvalue weighted by molar-refractivity contribution is 5.83. The van der Waals surface area contributed by atoms with Gasteiger partial charge in [-0.2, -0.15) is 0 Å². The fourth-order valence-electron chi connectivity index (χ4n) is 4.90. The van der Waals surface area contributed by atoms with Gasteiger partial charge in [0.25, 0.3) is 5.56 Å². The maximum atomic E-state index is 13.2. The number of hydrogen-bond acceptors (Lipinski definition) is 5. The Balaban J connectivity index is 1.52. The average Bonchev–Trinajstić information content (AvgIpc) is 2.85. The normalized spacial score (nSPS) is 16.1. The summed E-state index contributed by atoms with van der Waals surface area (Å²) in [6.07, 6.45) is 6.49. The fourth-order valence-corrected chi connectivity index (χ4v) is 4.90. The van der Waals surface area contributed by atoms with E-state index in [1.165, 1.54) is 6.42 Å². The molecule has 8 nitrogen and oxygen atoms in total. The highest BCUT2D eigenvalue weighted by atomic mass is 16.6. The van der Waals surface area contributed by atoms with Crippen LogP contribution in [0, 0.1) is 0 Å². The van der Waals surface area contributed by atoms with Crippen molar-refractivity contribution in [1.29, 1.82) is 0 Å². The first-order valence-electron chi connectivity index (χ1n) is 12.8. The van der Waals surface area contributed by atoms with Crippen LogP contribution in [0.3, 0.4) is 0 Å². The number of hydrogen-bond donors (Lipinski definition) is 2. The number of ether oxygens (including phenoxy) is 2. The predicted octanol–water partition coefficient (Wildman–Crippen LogP) is 3.88. The van der Waals surface area contributed by atoms with E-state index >= 15 is 0 Å². The predicted molar refractivity (Wildman–Crippen MR) is 134 cm³/mol. The smallest absolute Gasteiger partial charge is 0.317 e. The van der Waals surface area contributed by atoms with Crippen molar-refractivity contribution < 1.29 is 14.3 Å². The van der Waals surface area contributed by atoms with Crippen LogP contribution in [0.2, 0.25) is 0 Å². The molecule has 0 unspecified atom stereocenters. The number of pyridine rings is 1. The number of carbonyl (C=O) groups excluding carboxylic acids is 1. The van der Waals surface area contributed by atoms with Crippen molar-refractivity contribution >= 4 is 16.9 Å². The maximum Gasteiger partial charge on any atom is 0.317 e. The van der Waals surface area contributed by atoms with E-state index in [4.69, 9.17) is 9.47 Å². The van der Waals surface area contributed by atoms with Gasteiger partial charge < -0.3 is 29.6 Å². The Morgan fingerprint density at radius 2 is 1.74 bits per heavy atom. The van der Waals surface area contributed by atoms with Gasteiger partial charge in [-0.25, -0.2) is 4.79 Å². The van der Waals surface area contributed by atoms with Gasteiger partial charge in [-0.3, -0.25) is 4.79 Å². The molecule has 4 rings (SSSR count). The molecule has 0 atom stereocenters. The molecule has 2 amide bonds. The van der Waals surface area contributed by atoms with Gasteiger partial charge in [-0.15, -0.1) is 0 Å². The lowest BCUT2D eigenvalue weighted by Crippen LogP contribution is -2.46. The van der Waals surface area contributed by atoms with Gasteiger partial charge in [-0.1, -0.05) is 33.1 Å². The molecule has 2 aliphatic rings. The average molecular weight is 471 g/mol. The number of aromatic nitrogens is 1. The number of aromatic amines is 1. The topological polar surface area (TPSA) is 86.9 Å². The fraction of sp³-hybridized carbons (Fsp3) is 0.615. The molecule has 1 aliphatic carbocycles. The van der Waals surface area contributed by atoms with Crippen LogP contribution in [-0.4, -0.2) is 66.2 Å². The van der Waals surface area contributed by atoms with Gasteiger partial charge in [0, 0.05) is 29.6 Å². The molecule has 186 valence electrons. The van der Waals surface area contributed by atoms with Gasteiger partial charge in [0.15, 0.2) is 11.5 Å². The summed E-state index contributed by atoms with van der Waals surface area (Å²) in [4.78, 5) is 33.3. The molecule has 2 heterocycles. The van der Waals surface area contributed by atoms with E-state index in [1.807, 2.05) is 18.2 Å². The SMILES string of the molecule is CCN(CC)CCCN(Cc1cc2cc3c(cc2[nH]c1=O)OCCO3)C(=O)NC1CCCCC1. The van der Waals surface area contributed by atoms with Crippen molar-refractivity contribution in [1.82, 2.24) is 20.1 Å². The zero-order chi connectivity index (χ0) is 23.9. The second-order valence-corrected chi connectivity index (χ2v) is 9.29. The molecule has 0 bridgehead atoms. The first-order valence-corrected chi connectivity index (χ1v) is 12.8. The van der Waals surface area contributed by atoms with Gasteiger partial charge in [0.2, 0.25) is 0 Å². The Bertz CT molecular complexity index is 1030. The van der Waals surface area contributed by atoms with Crippen LogP contribution in [-0.2, 0) is 6.54 Å². The Morgan fingerprint density at radius 1 is 1.03 bits per heavy atom. The van der Waals surface area contributed by atoms with E-state index in [0.29, 0.717) is 42.3 Å². The van der Waals surface area contributed by atoms with Crippen LogP contribution in [0.1, 0.15) is 57.9 Å². The highest BCUT2D eigenvalue weighted by Crippen LogP contribution is 2.33. The molecule has 1 aromatic carbocycles. The lowest BCUT2D eigenvalue weighted by molar-refractivity contribution is 0.172. The van der Waals surface area contributed by atoms with E-state index in [0.717, 1.165) is 57.1 Å². The third kappa shape index (κ3) is 6.03. The minimum atomic E-state index is -0.177. The van der Waals surface area contributed by atoms with E-state index in [2.05, 4.69) is 29.0 Å². The van der Waals surface area contributed by atoms with E-state index in [1.54, 1.807) is 4.90 Å². The number of amides is 2. The summed E-state index contributed by atoms with van der Waals surface area (Å²) >= 11 is 0. The number of urea groups is 1. The molecule has 0 radical (unpaired) electrons. The number of nitrogens with one attached hydrogen (secondary N) is 2. The third-order valence-corrected chi connectivity index (χ3v) is 6.96. The molecule has 8 heteroatoms. The van der Waals surface area contributed by atoms with Crippen molar-refractivity contribution in [2.75, 3.05) is 39.4 Å². The number of rotatable bonds is 9. The highest BCUT2D eigenvalue weighted by Gasteiger charge is 2.22. The summed E-state index contributed by atoms with van der Waals surface area (Å²) in [5, 5.41) is 4.10. The second kappa shape index (κ2) is 11.6. The quantitative estimate of drug-likeness (QED) is 0.581.